The summed E-state index contributed by atoms with van der Waals surface area (Å²) < 4.78 is 0. The normalized spacial score (nSPS) is 12.6. The van der Waals surface area contributed by atoms with Crippen LogP contribution in [0.3, 0.4) is 0 Å². The molecule has 1 aliphatic heterocycles. The minimum absolute atomic E-state index is 0.140. The lowest BCUT2D eigenvalue weighted by atomic mass is 10.0. The Bertz CT molecular complexity index is 1150. The first-order valence-electron chi connectivity index (χ1n) is 9.63. The van der Waals surface area contributed by atoms with E-state index in [1.807, 2.05) is 54.6 Å². The molecule has 3 aromatic carbocycles. The molecule has 0 aliphatic carbocycles. The molecule has 0 saturated heterocycles. The van der Waals surface area contributed by atoms with Gasteiger partial charge in [0.2, 0.25) is 0 Å². The second kappa shape index (κ2) is 8.17. The first-order chi connectivity index (χ1) is 14.6. The summed E-state index contributed by atoms with van der Waals surface area (Å²) in [6.45, 7) is 3.72. The molecule has 0 bridgehead atoms. The molecule has 0 radical (unpaired) electrons. The molecule has 3 aromatic rings. The van der Waals surface area contributed by atoms with E-state index >= 15 is 0 Å². The van der Waals surface area contributed by atoms with E-state index in [0.717, 1.165) is 16.0 Å². The molecule has 0 unspecified atom stereocenters. The van der Waals surface area contributed by atoms with Crippen molar-refractivity contribution in [1.82, 2.24) is 4.90 Å². The van der Waals surface area contributed by atoms with Gasteiger partial charge in [-0.25, -0.2) is 0 Å². The maximum atomic E-state index is 12.9. The Hall–Kier alpha value is -3.99. The van der Waals surface area contributed by atoms with Crippen LogP contribution in [0, 0.1) is 0 Å². The van der Waals surface area contributed by atoms with Crippen LogP contribution in [-0.2, 0) is 6.42 Å². The Morgan fingerprint density at radius 2 is 1.60 bits per heavy atom. The molecular weight excluding hydrogens is 376 g/mol. The molecule has 3 amide bonds. The summed E-state index contributed by atoms with van der Waals surface area (Å²) in [7, 11) is 0. The van der Waals surface area contributed by atoms with Crippen LogP contribution >= 0.6 is 0 Å². The monoisotopic (exact) mass is 396 g/mol. The highest BCUT2D eigenvalue weighted by molar-refractivity contribution is 6.22. The molecule has 4 rings (SSSR count). The van der Waals surface area contributed by atoms with Crippen molar-refractivity contribution in [2.45, 2.75) is 6.42 Å². The average Bonchev–Trinajstić information content (AvgIpc) is 3.00. The van der Waals surface area contributed by atoms with Crippen molar-refractivity contribution >= 4 is 23.4 Å². The number of benzene rings is 3. The van der Waals surface area contributed by atoms with Gasteiger partial charge in [0.1, 0.15) is 0 Å². The van der Waals surface area contributed by atoms with Crippen molar-refractivity contribution in [2.24, 2.45) is 0 Å². The third kappa shape index (κ3) is 3.65. The average molecular weight is 396 g/mol. The summed E-state index contributed by atoms with van der Waals surface area (Å²) >= 11 is 0. The van der Waals surface area contributed by atoms with Crippen molar-refractivity contribution in [1.29, 1.82) is 0 Å². The summed E-state index contributed by atoms with van der Waals surface area (Å²) in [5.74, 6) is -1.11. The van der Waals surface area contributed by atoms with Crippen molar-refractivity contribution in [3.05, 3.63) is 113 Å². The van der Waals surface area contributed by atoms with E-state index in [4.69, 9.17) is 0 Å². The Morgan fingerprint density at radius 1 is 0.900 bits per heavy atom. The predicted molar refractivity (Wildman–Crippen MR) is 116 cm³/mol. The van der Waals surface area contributed by atoms with E-state index in [-0.39, 0.29) is 23.9 Å². The Balaban J connectivity index is 1.57. The number of amides is 3. The molecule has 0 spiro atoms. The molecular formula is C25H20N2O3. The second-order valence-electron chi connectivity index (χ2n) is 7.04. The summed E-state index contributed by atoms with van der Waals surface area (Å²) in [5.41, 5.74) is 3.71. The number of anilines is 1. The van der Waals surface area contributed by atoms with Crippen LogP contribution < -0.4 is 5.32 Å². The van der Waals surface area contributed by atoms with E-state index in [1.54, 1.807) is 6.07 Å². The highest BCUT2D eigenvalue weighted by Gasteiger charge is 2.35. The third-order valence-corrected chi connectivity index (χ3v) is 5.05. The number of hydrogen-bond acceptors (Lipinski definition) is 3. The van der Waals surface area contributed by atoms with Gasteiger partial charge in [-0.15, -0.1) is 6.58 Å². The van der Waals surface area contributed by atoms with Crippen LogP contribution in [-0.4, -0.2) is 29.2 Å². The Kier molecular flexibility index (Phi) is 5.26. The number of nitrogens with zero attached hydrogens (tertiary/aromatic N) is 1. The zero-order valence-corrected chi connectivity index (χ0v) is 16.3. The molecule has 1 aliphatic rings. The summed E-state index contributed by atoms with van der Waals surface area (Å²) in [6.07, 6.45) is 2.18. The fourth-order valence-corrected chi connectivity index (χ4v) is 3.53. The SMILES string of the molecule is C=CCN1C(=O)c2ccc(C(=O)Nc3ccccc3Cc3ccccc3)cc2C1=O. The van der Waals surface area contributed by atoms with Gasteiger partial charge in [0.15, 0.2) is 0 Å². The molecule has 1 N–H and O–H groups in total. The van der Waals surface area contributed by atoms with E-state index < -0.39 is 5.91 Å². The van der Waals surface area contributed by atoms with Gasteiger partial charge in [0.25, 0.3) is 17.7 Å². The van der Waals surface area contributed by atoms with E-state index in [9.17, 15) is 14.4 Å². The number of hydrogen-bond donors (Lipinski definition) is 1. The first kappa shape index (κ1) is 19.3. The van der Waals surface area contributed by atoms with Crippen molar-refractivity contribution in [3.63, 3.8) is 0 Å². The fourth-order valence-electron chi connectivity index (χ4n) is 3.53. The number of carbonyl (C=O) groups is 3. The van der Waals surface area contributed by atoms with E-state index in [2.05, 4.69) is 11.9 Å². The molecule has 5 heteroatoms. The van der Waals surface area contributed by atoms with Gasteiger partial charge in [-0.2, -0.15) is 0 Å². The highest BCUT2D eigenvalue weighted by Crippen LogP contribution is 2.25. The first-order valence-corrected chi connectivity index (χ1v) is 9.63. The molecule has 0 saturated carbocycles. The summed E-state index contributed by atoms with van der Waals surface area (Å²) in [4.78, 5) is 38.9. The van der Waals surface area contributed by atoms with Crippen LogP contribution in [0.15, 0.2) is 85.5 Å². The predicted octanol–water partition coefficient (Wildman–Crippen LogP) is 4.31. The molecule has 0 atom stereocenters. The topological polar surface area (TPSA) is 66.5 Å². The minimum atomic E-state index is -0.408. The largest absolute Gasteiger partial charge is 0.322 e. The molecule has 148 valence electrons. The van der Waals surface area contributed by atoms with Gasteiger partial charge in [-0.1, -0.05) is 54.6 Å². The maximum absolute atomic E-state index is 12.9. The molecule has 0 aromatic heterocycles. The minimum Gasteiger partial charge on any atom is -0.322 e. The maximum Gasteiger partial charge on any atom is 0.261 e. The lowest BCUT2D eigenvalue weighted by Gasteiger charge is -2.12. The summed E-state index contributed by atoms with van der Waals surface area (Å²) in [5, 5.41) is 2.94. The van der Waals surface area contributed by atoms with Gasteiger partial charge in [-0.05, 0) is 41.8 Å². The molecule has 1 heterocycles. The number of nitrogens with one attached hydrogen (secondary N) is 1. The highest BCUT2D eigenvalue weighted by atomic mass is 16.2. The zero-order chi connectivity index (χ0) is 21.1. The van der Waals surface area contributed by atoms with E-state index in [1.165, 1.54) is 18.2 Å². The van der Waals surface area contributed by atoms with Crippen LogP contribution in [0.2, 0.25) is 0 Å². The molecule has 30 heavy (non-hydrogen) atoms. The molecule has 0 fully saturated rings. The van der Waals surface area contributed by atoms with Crippen molar-refractivity contribution < 1.29 is 14.4 Å². The lowest BCUT2D eigenvalue weighted by Crippen LogP contribution is -2.29. The summed E-state index contributed by atoms with van der Waals surface area (Å²) in [6, 6.07) is 22.2. The van der Waals surface area contributed by atoms with Crippen molar-refractivity contribution in [2.75, 3.05) is 11.9 Å². The van der Waals surface area contributed by atoms with Crippen LogP contribution in [0.25, 0.3) is 0 Å². The van der Waals surface area contributed by atoms with Gasteiger partial charge in [0, 0.05) is 17.8 Å². The Morgan fingerprint density at radius 3 is 2.37 bits per heavy atom. The quantitative estimate of drug-likeness (QED) is 0.499. The third-order valence-electron chi connectivity index (χ3n) is 5.05. The number of rotatable bonds is 6. The lowest BCUT2D eigenvalue weighted by molar-refractivity contribution is 0.0672. The number of imide groups is 1. The Labute approximate surface area is 174 Å². The van der Waals surface area contributed by atoms with Gasteiger partial charge in [0.05, 0.1) is 11.1 Å². The fraction of sp³-hybridized carbons (Fsp3) is 0.0800. The molecule has 5 nitrogen and oxygen atoms in total. The number of carbonyl (C=O) groups excluding carboxylic acids is 3. The number of para-hydroxylation sites is 1. The van der Waals surface area contributed by atoms with Crippen LogP contribution in [0.4, 0.5) is 5.69 Å². The van der Waals surface area contributed by atoms with Gasteiger partial charge in [-0.3, -0.25) is 19.3 Å². The van der Waals surface area contributed by atoms with Crippen molar-refractivity contribution in [3.8, 4) is 0 Å². The van der Waals surface area contributed by atoms with E-state index in [0.29, 0.717) is 23.2 Å². The second-order valence-corrected chi connectivity index (χ2v) is 7.04. The van der Waals surface area contributed by atoms with Gasteiger partial charge < -0.3 is 5.32 Å². The van der Waals surface area contributed by atoms with Crippen LogP contribution in [0.5, 0.6) is 0 Å². The zero-order valence-electron chi connectivity index (χ0n) is 16.3. The number of fused-ring (bicyclic) bond motifs is 1. The standard InChI is InChI=1S/C25H20N2O3/c1-2-14-27-24(29)20-13-12-19(16-21(20)25(27)30)23(28)26-22-11-7-6-10-18(22)15-17-8-4-3-5-9-17/h2-13,16H,1,14-15H2,(H,26,28). The van der Waals surface area contributed by atoms with Gasteiger partial charge >= 0.3 is 0 Å². The van der Waals surface area contributed by atoms with Crippen LogP contribution in [0.1, 0.15) is 42.2 Å². The smallest absolute Gasteiger partial charge is 0.261 e.